The second-order valence-electron chi connectivity index (χ2n) is 2.72. The minimum Gasteiger partial charge on any atom is -0.331 e. The zero-order chi connectivity index (χ0) is 9.84. The summed E-state index contributed by atoms with van der Waals surface area (Å²) in [5, 5.41) is 2.37. The highest BCUT2D eigenvalue weighted by molar-refractivity contribution is 5.88. The van der Waals surface area contributed by atoms with Crippen molar-refractivity contribution >= 4 is 11.7 Å². The third-order valence-electron chi connectivity index (χ3n) is 1.44. The van der Waals surface area contributed by atoms with Crippen molar-refractivity contribution in [1.82, 2.24) is 4.90 Å². The summed E-state index contributed by atoms with van der Waals surface area (Å²) in [6.45, 7) is 0. The first-order valence-corrected chi connectivity index (χ1v) is 3.76. The molecule has 1 rings (SSSR count). The highest BCUT2D eigenvalue weighted by Gasteiger charge is 2.06. The molecule has 0 aromatic heterocycles. The molecule has 0 atom stereocenters. The maximum Gasteiger partial charge on any atom is 0.321 e. The van der Waals surface area contributed by atoms with Gasteiger partial charge >= 0.3 is 6.03 Å². The van der Waals surface area contributed by atoms with Gasteiger partial charge in [-0.2, -0.15) is 0 Å². The molecule has 0 saturated carbocycles. The number of carbonyl (C=O) groups is 1. The molecule has 13 heavy (non-hydrogen) atoms. The van der Waals surface area contributed by atoms with E-state index in [2.05, 4.69) is 11.4 Å². The molecule has 0 heterocycles. The van der Waals surface area contributed by atoms with Crippen molar-refractivity contribution < 1.29 is 9.18 Å². The van der Waals surface area contributed by atoms with Gasteiger partial charge in [-0.15, -0.1) is 0 Å². The smallest absolute Gasteiger partial charge is 0.321 e. The van der Waals surface area contributed by atoms with Crippen LogP contribution in [0.25, 0.3) is 0 Å². The maximum absolute atomic E-state index is 12.9. The van der Waals surface area contributed by atoms with Crippen LogP contribution in [-0.4, -0.2) is 25.0 Å². The molecule has 0 aliphatic carbocycles. The van der Waals surface area contributed by atoms with Crippen molar-refractivity contribution in [2.45, 2.75) is 0 Å². The van der Waals surface area contributed by atoms with Crippen molar-refractivity contribution in [3.05, 3.63) is 30.1 Å². The number of benzene rings is 1. The predicted octanol–water partition coefficient (Wildman–Crippen LogP) is 1.72. The summed E-state index contributed by atoms with van der Waals surface area (Å²) in [5.74, 6) is -0.488. The topological polar surface area (TPSA) is 32.3 Å². The lowest BCUT2D eigenvalue weighted by molar-refractivity contribution is 0.230. The number of halogens is 1. The van der Waals surface area contributed by atoms with Crippen molar-refractivity contribution in [2.75, 3.05) is 19.4 Å². The van der Waals surface area contributed by atoms with E-state index in [4.69, 9.17) is 0 Å². The van der Waals surface area contributed by atoms with Crippen LogP contribution in [0.2, 0.25) is 0 Å². The van der Waals surface area contributed by atoms with Gasteiger partial charge in [0.1, 0.15) is 5.82 Å². The molecule has 0 fully saturated rings. The highest BCUT2D eigenvalue weighted by Crippen LogP contribution is 2.11. The number of rotatable bonds is 1. The van der Waals surface area contributed by atoms with Gasteiger partial charge in [-0.25, -0.2) is 9.18 Å². The summed E-state index contributed by atoms with van der Waals surface area (Å²) in [6.07, 6.45) is 0. The summed E-state index contributed by atoms with van der Waals surface area (Å²) in [7, 11) is 3.16. The average Bonchev–Trinajstić information content (AvgIpc) is 2.08. The Morgan fingerprint density at radius 1 is 1.62 bits per heavy atom. The average molecular weight is 181 g/mol. The van der Waals surface area contributed by atoms with Crippen molar-refractivity contribution in [3.8, 4) is 0 Å². The van der Waals surface area contributed by atoms with Crippen LogP contribution in [0.4, 0.5) is 14.9 Å². The van der Waals surface area contributed by atoms with Gasteiger partial charge in [0.2, 0.25) is 0 Å². The van der Waals surface area contributed by atoms with E-state index in [9.17, 15) is 9.18 Å². The number of hydrogen-bond acceptors (Lipinski definition) is 1. The van der Waals surface area contributed by atoms with Crippen molar-refractivity contribution in [1.29, 1.82) is 0 Å². The predicted molar refractivity (Wildman–Crippen MR) is 47.9 cm³/mol. The van der Waals surface area contributed by atoms with Gasteiger partial charge in [0.25, 0.3) is 0 Å². The molecular weight excluding hydrogens is 171 g/mol. The van der Waals surface area contributed by atoms with Crippen LogP contribution in [0.5, 0.6) is 0 Å². The third-order valence-corrected chi connectivity index (χ3v) is 1.44. The Hall–Kier alpha value is -1.58. The summed E-state index contributed by atoms with van der Waals surface area (Å²) in [6, 6.07) is 6.53. The zero-order valence-corrected chi connectivity index (χ0v) is 7.47. The van der Waals surface area contributed by atoms with Crippen LogP contribution in [0.15, 0.2) is 18.2 Å². The minimum absolute atomic E-state index is 0.0706. The lowest BCUT2D eigenvalue weighted by Crippen LogP contribution is -2.27. The summed E-state index contributed by atoms with van der Waals surface area (Å²) in [4.78, 5) is 12.4. The van der Waals surface area contributed by atoms with Crippen molar-refractivity contribution in [3.63, 3.8) is 0 Å². The number of nitrogens with one attached hydrogen (secondary N) is 1. The van der Waals surface area contributed by atoms with E-state index in [1.807, 2.05) is 0 Å². The first-order chi connectivity index (χ1) is 6.11. The molecule has 1 N–H and O–H groups in total. The van der Waals surface area contributed by atoms with Gasteiger partial charge in [-0.3, -0.25) is 0 Å². The molecule has 69 valence electrons. The molecule has 0 unspecified atom stereocenters. The Morgan fingerprint density at radius 3 is 2.85 bits per heavy atom. The molecule has 0 spiro atoms. The first kappa shape index (κ1) is 9.51. The van der Waals surface area contributed by atoms with Crippen LogP contribution >= 0.6 is 0 Å². The molecule has 1 aromatic carbocycles. The number of carbonyl (C=O) groups excluding carboxylic acids is 1. The van der Waals surface area contributed by atoms with Gasteiger partial charge in [0.05, 0.1) is 5.69 Å². The fourth-order valence-corrected chi connectivity index (χ4v) is 0.731. The van der Waals surface area contributed by atoms with E-state index < -0.39 is 5.82 Å². The lowest BCUT2D eigenvalue weighted by atomic mass is 10.3. The number of anilines is 1. The van der Waals surface area contributed by atoms with Gasteiger partial charge in [-0.05, 0) is 6.07 Å². The summed E-state index contributed by atoms with van der Waals surface area (Å²) < 4.78 is 12.9. The first-order valence-electron chi connectivity index (χ1n) is 3.76. The number of hydrogen-bond donors (Lipinski definition) is 1. The molecular formula is C9H10FN2O. The second-order valence-corrected chi connectivity index (χ2v) is 2.72. The molecule has 0 bridgehead atoms. The van der Waals surface area contributed by atoms with Gasteiger partial charge in [0, 0.05) is 20.2 Å². The molecule has 1 aromatic rings. The molecule has 1 radical (unpaired) electrons. The zero-order valence-electron chi connectivity index (χ0n) is 7.47. The third kappa shape index (κ3) is 2.43. The van der Waals surface area contributed by atoms with Crippen molar-refractivity contribution in [2.24, 2.45) is 0 Å². The van der Waals surface area contributed by atoms with E-state index >= 15 is 0 Å². The van der Waals surface area contributed by atoms with E-state index in [0.29, 0.717) is 0 Å². The fourth-order valence-electron chi connectivity index (χ4n) is 0.731. The fraction of sp³-hybridized carbons (Fsp3) is 0.222. The van der Waals surface area contributed by atoms with Gasteiger partial charge in [-0.1, -0.05) is 12.1 Å². The summed E-state index contributed by atoms with van der Waals surface area (Å²) in [5.41, 5.74) is 0.0706. The maximum atomic E-state index is 12.9. The van der Waals surface area contributed by atoms with E-state index in [-0.39, 0.29) is 11.7 Å². The van der Waals surface area contributed by atoms with Gasteiger partial charge < -0.3 is 10.2 Å². The Morgan fingerprint density at radius 2 is 2.31 bits per heavy atom. The molecule has 2 amide bonds. The number of urea groups is 1. The number of amides is 2. The van der Waals surface area contributed by atoms with E-state index in [1.54, 1.807) is 14.1 Å². The summed E-state index contributed by atoms with van der Waals surface area (Å²) >= 11 is 0. The Bertz CT molecular complexity index is 312. The lowest BCUT2D eigenvalue weighted by Gasteiger charge is -2.11. The molecule has 0 aliphatic rings. The monoisotopic (exact) mass is 181 g/mol. The van der Waals surface area contributed by atoms with E-state index in [0.717, 1.165) is 0 Å². The van der Waals surface area contributed by atoms with E-state index in [1.165, 1.54) is 23.1 Å². The molecule has 0 saturated heterocycles. The van der Waals surface area contributed by atoms with Crippen LogP contribution in [0, 0.1) is 11.9 Å². The van der Waals surface area contributed by atoms with Crippen LogP contribution < -0.4 is 5.32 Å². The van der Waals surface area contributed by atoms with Crippen LogP contribution in [0.1, 0.15) is 0 Å². The normalized spacial score (nSPS) is 9.46. The van der Waals surface area contributed by atoms with Crippen LogP contribution in [0.3, 0.4) is 0 Å². The molecule has 3 nitrogen and oxygen atoms in total. The minimum atomic E-state index is -0.488. The Balaban J connectivity index is 2.75. The Labute approximate surface area is 76.2 Å². The highest BCUT2D eigenvalue weighted by atomic mass is 19.1. The Kier molecular flexibility index (Phi) is 2.84. The number of nitrogens with zero attached hydrogens (tertiary/aromatic N) is 1. The standard InChI is InChI=1S/C9H10FN2O/c1-12(2)9(13)11-8-6-4-3-5-7(8)10/h3-5H,1-2H3,(H,11,13). The molecule has 4 heteroatoms. The second kappa shape index (κ2) is 3.89. The molecule has 0 aliphatic heterocycles. The number of para-hydroxylation sites is 1. The van der Waals surface area contributed by atoms with Crippen LogP contribution in [-0.2, 0) is 0 Å². The SMILES string of the molecule is CN(C)C(=O)Nc1[c]cccc1F. The van der Waals surface area contributed by atoms with Gasteiger partial charge in [0.15, 0.2) is 0 Å². The quantitative estimate of drug-likeness (QED) is 0.702. The largest absolute Gasteiger partial charge is 0.331 e.